The lowest BCUT2D eigenvalue weighted by Gasteiger charge is -2.09. The van der Waals surface area contributed by atoms with Crippen molar-refractivity contribution in [3.05, 3.63) is 66.9 Å². The predicted octanol–water partition coefficient (Wildman–Crippen LogP) is 3.59. The largest absolute Gasteiger partial charge is 0.437 e. The zero-order valence-electron chi connectivity index (χ0n) is 11.2. The first kappa shape index (κ1) is 12.9. The van der Waals surface area contributed by atoms with Crippen LogP contribution >= 0.6 is 0 Å². The first-order valence-electron chi connectivity index (χ1n) is 6.49. The average Bonchev–Trinajstić information content (AvgIpc) is 2.53. The molecule has 3 rings (SSSR count). The standard InChI is InChI=1S/C16H14N4O/c17-14-11-18-16(19-12-7-3-1-4-8-12)20-15(14)21-13-9-5-2-6-10-13/h1-11H,17H2,(H,18,19,20). The molecule has 5 heteroatoms. The summed E-state index contributed by atoms with van der Waals surface area (Å²) in [5.74, 6) is 1.43. The molecule has 1 aromatic heterocycles. The van der Waals surface area contributed by atoms with Gasteiger partial charge in [-0.25, -0.2) is 4.98 Å². The van der Waals surface area contributed by atoms with Crippen molar-refractivity contribution in [1.82, 2.24) is 9.97 Å². The molecule has 0 saturated heterocycles. The van der Waals surface area contributed by atoms with Crippen LogP contribution in [-0.4, -0.2) is 9.97 Å². The van der Waals surface area contributed by atoms with Gasteiger partial charge in [0.15, 0.2) is 0 Å². The molecule has 3 N–H and O–H groups in total. The first-order valence-corrected chi connectivity index (χ1v) is 6.49. The molecule has 0 aliphatic rings. The van der Waals surface area contributed by atoms with Gasteiger partial charge in [0.2, 0.25) is 11.8 Å². The van der Waals surface area contributed by atoms with Crippen LogP contribution in [0, 0.1) is 0 Å². The summed E-state index contributed by atoms with van der Waals surface area (Å²) in [6, 6.07) is 19.0. The molecule has 0 saturated carbocycles. The molecule has 0 spiro atoms. The number of nitrogens with zero attached hydrogens (tertiary/aromatic N) is 2. The SMILES string of the molecule is Nc1cnc(Nc2ccccc2)nc1Oc1ccccc1. The number of nitrogens with one attached hydrogen (secondary N) is 1. The van der Waals surface area contributed by atoms with E-state index in [9.17, 15) is 0 Å². The van der Waals surface area contributed by atoms with E-state index in [0.29, 0.717) is 23.3 Å². The number of para-hydroxylation sites is 2. The molecule has 0 aliphatic heterocycles. The molecule has 2 aromatic carbocycles. The second-order valence-electron chi connectivity index (χ2n) is 4.36. The average molecular weight is 278 g/mol. The van der Waals surface area contributed by atoms with Gasteiger partial charge in [-0.2, -0.15) is 4.98 Å². The van der Waals surface area contributed by atoms with Gasteiger partial charge in [-0.3, -0.25) is 0 Å². The van der Waals surface area contributed by atoms with Crippen LogP contribution in [0.4, 0.5) is 17.3 Å². The van der Waals surface area contributed by atoms with Gasteiger partial charge in [-0.15, -0.1) is 0 Å². The number of aromatic nitrogens is 2. The highest BCUT2D eigenvalue weighted by Gasteiger charge is 2.07. The Labute approximate surface area is 122 Å². The zero-order valence-corrected chi connectivity index (χ0v) is 11.2. The molecule has 0 radical (unpaired) electrons. The zero-order chi connectivity index (χ0) is 14.5. The number of ether oxygens (including phenoxy) is 1. The first-order chi connectivity index (χ1) is 10.3. The normalized spacial score (nSPS) is 10.1. The van der Waals surface area contributed by atoms with Gasteiger partial charge in [-0.05, 0) is 24.3 Å². The molecule has 0 atom stereocenters. The van der Waals surface area contributed by atoms with E-state index >= 15 is 0 Å². The van der Waals surface area contributed by atoms with Gasteiger partial charge in [0.25, 0.3) is 0 Å². The minimum Gasteiger partial charge on any atom is -0.437 e. The summed E-state index contributed by atoms with van der Waals surface area (Å²) in [6.07, 6.45) is 1.52. The minimum absolute atomic E-state index is 0.328. The predicted molar refractivity (Wildman–Crippen MR) is 82.7 cm³/mol. The number of hydrogen-bond donors (Lipinski definition) is 2. The Hall–Kier alpha value is -3.08. The van der Waals surface area contributed by atoms with Crippen molar-refractivity contribution < 1.29 is 4.74 Å². The van der Waals surface area contributed by atoms with E-state index in [2.05, 4.69) is 15.3 Å². The summed E-state index contributed by atoms with van der Waals surface area (Å²) in [6.45, 7) is 0. The highest BCUT2D eigenvalue weighted by atomic mass is 16.5. The molecule has 104 valence electrons. The molecule has 21 heavy (non-hydrogen) atoms. The quantitative estimate of drug-likeness (QED) is 0.763. The Morgan fingerprint density at radius 2 is 1.57 bits per heavy atom. The van der Waals surface area contributed by atoms with E-state index in [1.54, 1.807) is 0 Å². The lowest BCUT2D eigenvalue weighted by molar-refractivity contribution is 0.465. The summed E-state index contributed by atoms with van der Waals surface area (Å²) < 4.78 is 5.67. The Morgan fingerprint density at radius 1 is 0.905 bits per heavy atom. The smallest absolute Gasteiger partial charge is 0.247 e. The van der Waals surface area contributed by atoms with Crippen molar-refractivity contribution in [3.63, 3.8) is 0 Å². The molecule has 3 aromatic rings. The van der Waals surface area contributed by atoms with Gasteiger partial charge in [0.05, 0.1) is 6.20 Å². The fourth-order valence-corrected chi connectivity index (χ4v) is 1.77. The van der Waals surface area contributed by atoms with Crippen LogP contribution in [0.5, 0.6) is 11.6 Å². The number of rotatable bonds is 4. The van der Waals surface area contributed by atoms with Crippen LogP contribution in [0.25, 0.3) is 0 Å². The van der Waals surface area contributed by atoms with E-state index in [4.69, 9.17) is 10.5 Å². The Bertz CT molecular complexity index is 717. The molecule has 1 heterocycles. The van der Waals surface area contributed by atoms with Crippen LogP contribution in [0.3, 0.4) is 0 Å². The lowest BCUT2D eigenvalue weighted by atomic mass is 10.3. The number of anilines is 3. The lowest BCUT2D eigenvalue weighted by Crippen LogP contribution is -2.01. The van der Waals surface area contributed by atoms with E-state index < -0.39 is 0 Å². The van der Waals surface area contributed by atoms with Gasteiger partial charge in [0.1, 0.15) is 11.4 Å². The highest BCUT2D eigenvalue weighted by Crippen LogP contribution is 2.26. The van der Waals surface area contributed by atoms with Crippen LogP contribution in [0.1, 0.15) is 0 Å². The van der Waals surface area contributed by atoms with Crippen molar-refractivity contribution in [3.8, 4) is 11.6 Å². The number of nitrogens with two attached hydrogens (primary N) is 1. The van der Waals surface area contributed by atoms with Crippen LogP contribution in [0.2, 0.25) is 0 Å². The monoisotopic (exact) mass is 278 g/mol. The molecule has 0 aliphatic carbocycles. The van der Waals surface area contributed by atoms with E-state index in [0.717, 1.165) is 5.69 Å². The molecule has 0 fully saturated rings. The molecular weight excluding hydrogens is 264 g/mol. The number of hydrogen-bond acceptors (Lipinski definition) is 5. The van der Waals surface area contributed by atoms with Gasteiger partial charge >= 0.3 is 0 Å². The minimum atomic E-state index is 0.328. The van der Waals surface area contributed by atoms with E-state index in [1.807, 2.05) is 60.7 Å². The third kappa shape index (κ3) is 3.27. The van der Waals surface area contributed by atoms with Crippen LogP contribution < -0.4 is 15.8 Å². The second kappa shape index (κ2) is 5.92. The second-order valence-corrected chi connectivity index (χ2v) is 4.36. The fourth-order valence-electron chi connectivity index (χ4n) is 1.77. The third-order valence-electron chi connectivity index (χ3n) is 2.77. The molecule has 5 nitrogen and oxygen atoms in total. The van der Waals surface area contributed by atoms with Crippen molar-refractivity contribution in [2.45, 2.75) is 0 Å². The van der Waals surface area contributed by atoms with Crippen molar-refractivity contribution >= 4 is 17.3 Å². The Kier molecular flexibility index (Phi) is 3.64. The van der Waals surface area contributed by atoms with Crippen LogP contribution in [-0.2, 0) is 0 Å². The molecular formula is C16H14N4O. The summed E-state index contributed by atoms with van der Waals surface area (Å²) in [7, 11) is 0. The molecule has 0 unspecified atom stereocenters. The summed E-state index contributed by atoms with van der Waals surface area (Å²) in [5, 5.41) is 3.10. The van der Waals surface area contributed by atoms with Gasteiger partial charge < -0.3 is 15.8 Å². The maximum Gasteiger partial charge on any atom is 0.247 e. The van der Waals surface area contributed by atoms with Crippen molar-refractivity contribution in [2.75, 3.05) is 11.1 Å². The fraction of sp³-hybridized carbons (Fsp3) is 0. The van der Waals surface area contributed by atoms with Crippen LogP contribution in [0.15, 0.2) is 66.9 Å². The molecule has 0 amide bonds. The molecule has 0 bridgehead atoms. The summed E-state index contributed by atoms with van der Waals surface area (Å²) in [5.41, 5.74) is 7.14. The summed E-state index contributed by atoms with van der Waals surface area (Å²) >= 11 is 0. The van der Waals surface area contributed by atoms with E-state index in [-0.39, 0.29) is 0 Å². The van der Waals surface area contributed by atoms with Crippen molar-refractivity contribution in [2.24, 2.45) is 0 Å². The summed E-state index contributed by atoms with van der Waals surface area (Å²) in [4.78, 5) is 8.44. The highest BCUT2D eigenvalue weighted by molar-refractivity contribution is 5.56. The van der Waals surface area contributed by atoms with E-state index in [1.165, 1.54) is 6.20 Å². The third-order valence-corrected chi connectivity index (χ3v) is 2.77. The number of nitrogen functional groups attached to an aromatic ring is 1. The van der Waals surface area contributed by atoms with Gasteiger partial charge in [0, 0.05) is 5.69 Å². The Balaban J connectivity index is 1.83. The maximum absolute atomic E-state index is 5.85. The Morgan fingerprint density at radius 3 is 2.29 bits per heavy atom. The van der Waals surface area contributed by atoms with Crippen molar-refractivity contribution in [1.29, 1.82) is 0 Å². The topological polar surface area (TPSA) is 73.1 Å². The maximum atomic E-state index is 5.85. The number of benzene rings is 2. The van der Waals surface area contributed by atoms with Gasteiger partial charge in [-0.1, -0.05) is 36.4 Å².